The maximum absolute atomic E-state index is 5.57. The number of benzene rings is 1. The molecule has 4 nitrogen and oxygen atoms in total. The molecule has 0 aliphatic heterocycles. The Hall–Kier alpha value is -1.68. The minimum absolute atomic E-state index is 0.471. The highest BCUT2D eigenvalue weighted by molar-refractivity contribution is 5.21. The van der Waals surface area contributed by atoms with Crippen LogP contribution >= 0.6 is 0 Å². The summed E-state index contributed by atoms with van der Waals surface area (Å²) >= 11 is 0. The van der Waals surface area contributed by atoms with Gasteiger partial charge in [-0.05, 0) is 12.5 Å². The zero-order chi connectivity index (χ0) is 10.7. The molecule has 0 amide bonds. The van der Waals surface area contributed by atoms with Gasteiger partial charge in [-0.1, -0.05) is 35.0 Å². The Labute approximate surface area is 88.7 Å². The van der Waals surface area contributed by atoms with Gasteiger partial charge < -0.3 is 5.73 Å². The molecule has 0 atom stereocenters. The summed E-state index contributed by atoms with van der Waals surface area (Å²) in [6, 6.07) is 8.37. The van der Waals surface area contributed by atoms with Crippen molar-refractivity contribution in [3.05, 3.63) is 47.3 Å². The Bertz CT molecular complexity index is 430. The molecule has 2 rings (SSSR count). The zero-order valence-electron chi connectivity index (χ0n) is 8.72. The molecule has 0 saturated carbocycles. The Kier molecular flexibility index (Phi) is 2.78. The van der Waals surface area contributed by atoms with Crippen LogP contribution in [0, 0.1) is 6.92 Å². The highest BCUT2D eigenvalue weighted by Crippen LogP contribution is 2.06. The zero-order valence-corrected chi connectivity index (χ0v) is 8.72. The second-order valence-corrected chi connectivity index (χ2v) is 3.57. The molecule has 78 valence electrons. The third-order valence-corrected chi connectivity index (χ3v) is 2.36. The molecule has 0 bridgehead atoms. The lowest BCUT2D eigenvalue weighted by atomic mass is 10.1. The molecule has 0 radical (unpaired) electrons. The first-order chi connectivity index (χ1) is 7.29. The van der Waals surface area contributed by atoms with E-state index in [4.69, 9.17) is 5.73 Å². The summed E-state index contributed by atoms with van der Waals surface area (Å²) in [6.45, 7) is 3.27. The Morgan fingerprint density at radius 3 is 2.67 bits per heavy atom. The molecule has 0 aliphatic rings. The Morgan fingerprint density at radius 1 is 1.27 bits per heavy atom. The van der Waals surface area contributed by atoms with Crippen LogP contribution in [0.4, 0.5) is 0 Å². The van der Waals surface area contributed by atoms with E-state index in [-0.39, 0.29) is 0 Å². The van der Waals surface area contributed by atoms with Crippen molar-refractivity contribution < 1.29 is 0 Å². The average Bonchev–Trinajstić information content (AvgIpc) is 2.69. The summed E-state index contributed by atoms with van der Waals surface area (Å²) in [5, 5.41) is 7.83. The standard InChI is InChI=1S/C11H14N4/c1-9-2-4-10(5-3-9)8-15-11(6-12)7-13-14-15/h2-5,7H,6,8,12H2,1H3. The fourth-order valence-electron chi connectivity index (χ4n) is 1.44. The van der Waals surface area contributed by atoms with Crippen LogP contribution in [-0.2, 0) is 13.1 Å². The van der Waals surface area contributed by atoms with Gasteiger partial charge >= 0.3 is 0 Å². The minimum Gasteiger partial charge on any atom is -0.325 e. The van der Waals surface area contributed by atoms with Gasteiger partial charge in [-0.3, -0.25) is 0 Å². The third-order valence-electron chi connectivity index (χ3n) is 2.36. The smallest absolute Gasteiger partial charge is 0.0738 e. The first-order valence-electron chi connectivity index (χ1n) is 4.92. The van der Waals surface area contributed by atoms with Gasteiger partial charge in [0, 0.05) is 6.54 Å². The van der Waals surface area contributed by atoms with Gasteiger partial charge in [-0.25, -0.2) is 4.68 Å². The van der Waals surface area contributed by atoms with Crippen LogP contribution in [0.2, 0.25) is 0 Å². The minimum atomic E-state index is 0.471. The fourth-order valence-corrected chi connectivity index (χ4v) is 1.44. The van der Waals surface area contributed by atoms with Crippen LogP contribution in [0.15, 0.2) is 30.5 Å². The van der Waals surface area contributed by atoms with Crippen molar-refractivity contribution >= 4 is 0 Å². The lowest BCUT2D eigenvalue weighted by Gasteiger charge is -2.04. The number of hydrogen-bond acceptors (Lipinski definition) is 3. The second kappa shape index (κ2) is 4.23. The van der Waals surface area contributed by atoms with E-state index in [0.717, 1.165) is 12.2 Å². The molecule has 0 saturated heterocycles. The Balaban J connectivity index is 2.18. The number of rotatable bonds is 3. The fraction of sp³-hybridized carbons (Fsp3) is 0.273. The van der Waals surface area contributed by atoms with Crippen molar-refractivity contribution in [3.8, 4) is 0 Å². The molecule has 4 heteroatoms. The maximum atomic E-state index is 5.57. The van der Waals surface area contributed by atoms with E-state index in [2.05, 4.69) is 41.5 Å². The quantitative estimate of drug-likeness (QED) is 0.810. The molecule has 1 aromatic carbocycles. The highest BCUT2D eigenvalue weighted by Gasteiger charge is 2.02. The van der Waals surface area contributed by atoms with Gasteiger partial charge in [-0.2, -0.15) is 0 Å². The van der Waals surface area contributed by atoms with Crippen molar-refractivity contribution in [2.24, 2.45) is 5.73 Å². The predicted molar refractivity (Wildman–Crippen MR) is 58.2 cm³/mol. The van der Waals surface area contributed by atoms with Crippen molar-refractivity contribution in [3.63, 3.8) is 0 Å². The van der Waals surface area contributed by atoms with Gasteiger partial charge in [0.05, 0.1) is 18.4 Å². The second-order valence-electron chi connectivity index (χ2n) is 3.57. The molecule has 1 heterocycles. The van der Waals surface area contributed by atoms with Crippen molar-refractivity contribution in [2.75, 3.05) is 0 Å². The van der Waals surface area contributed by atoms with Crippen molar-refractivity contribution in [2.45, 2.75) is 20.0 Å². The number of nitrogens with two attached hydrogens (primary N) is 1. The molecule has 2 N–H and O–H groups in total. The van der Waals surface area contributed by atoms with Crippen LogP contribution in [0.1, 0.15) is 16.8 Å². The molecule has 0 unspecified atom stereocenters. The van der Waals surface area contributed by atoms with Gasteiger partial charge in [0.15, 0.2) is 0 Å². The summed E-state index contributed by atoms with van der Waals surface area (Å²) in [5.41, 5.74) is 9.00. The average molecular weight is 202 g/mol. The molecule has 0 fully saturated rings. The summed E-state index contributed by atoms with van der Waals surface area (Å²) in [5.74, 6) is 0. The van der Waals surface area contributed by atoms with E-state index in [9.17, 15) is 0 Å². The summed E-state index contributed by atoms with van der Waals surface area (Å²) < 4.78 is 1.82. The number of aryl methyl sites for hydroxylation is 1. The first kappa shape index (κ1) is 9.86. The van der Waals surface area contributed by atoms with Gasteiger partial charge in [0.25, 0.3) is 0 Å². The highest BCUT2D eigenvalue weighted by atomic mass is 15.4. The van der Waals surface area contributed by atoms with E-state index in [1.54, 1.807) is 6.20 Å². The molecule has 0 spiro atoms. The summed E-state index contributed by atoms with van der Waals surface area (Å²) in [4.78, 5) is 0. The maximum Gasteiger partial charge on any atom is 0.0738 e. The molecule has 2 aromatic rings. The Morgan fingerprint density at radius 2 is 2.00 bits per heavy atom. The van der Waals surface area contributed by atoms with E-state index < -0.39 is 0 Å². The number of nitrogens with zero attached hydrogens (tertiary/aromatic N) is 3. The third kappa shape index (κ3) is 2.22. The molecule has 15 heavy (non-hydrogen) atoms. The van der Waals surface area contributed by atoms with Crippen LogP contribution < -0.4 is 5.73 Å². The lowest BCUT2D eigenvalue weighted by molar-refractivity contribution is 0.619. The lowest BCUT2D eigenvalue weighted by Crippen LogP contribution is -2.09. The summed E-state index contributed by atoms with van der Waals surface area (Å²) in [6.07, 6.45) is 1.70. The predicted octanol–water partition coefficient (Wildman–Crippen LogP) is 1.09. The number of aromatic nitrogens is 3. The normalized spacial score (nSPS) is 10.5. The van der Waals surface area contributed by atoms with Gasteiger partial charge in [0.1, 0.15) is 0 Å². The SMILES string of the molecule is Cc1ccc(Cn2nncc2CN)cc1. The van der Waals surface area contributed by atoms with Crippen molar-refractivity contribution in [1.29, 1.82) is 0 Å². The van der Waals surface area contributed by atoms with Crippen molar-refractivity contribution in [1.82, 2.24) is 15.0 Å². The van der Waals surface area contributed by atoms with Crippen LogP contribution in [-0.4, -0.2) is 15.0 Å². The van der Waals surface area contributed by atoms with Crippen LogP contribution in [0.25, 0.3) is 0 Å². The molecule has 0 aliphatic carbocycles. The monoisotopic (exact) mass is 202 g/mol. The topological polar surface area (TPSA) is 56.7 Å². The van der Waals surface area contributed by atoms with Gasteiger partial charge in [0.2, 0.25) is 0 Å². The van der Waals surface area contributed by atoms with E-state index in [1.165, 1.54) is 11.1 Å². The van der Waals surface area contributed by atoms with E-state index in [0.29, 0.717) is 6.54 Å². The largest absolute Gasteiger partial charge is 0.325 e. The van der Waals surface area contributed by atoms with Gasteiger partial charge in [-0.15, -0.1) is 5.10 Å². The number of hydrogen-bond donors (Lipinski definition) is 1. The van der Waals surface area contributed by atoms with Crippen LogP contribution in [0.3, 0.4) is 0 Å². The van der Waals surface area contributed by atoms with E-state index in [1.807, 2.05) is 4.68 Å². The summed E-state index contributed by atoms with van der Waals surface area (Å²) in [7, 11) is 0. The first-order valence-corrected chi connectivity index (χ1v) is 4.92. The van der Waals surface area contributed by atoms with Crippen LogP contribution in [0.5, 0.6) is 0 Å². The molecular weight excluding hydrogens is 188 g/mol. The molecule has 1 aromatic heterocycles. The van der Waals surface area contributed by atoms with E-state index >= 15 is 0 Å². The molecular formula is C11H14N4.